The summed E-state index contributed by atoms with van der Waals surface area (Å²) in [5.74, 6) is 0.346. The van der Waals surface area contributed by atoms with Crippen LogP contribution in [0.15, 0.2) is 36.4 Å². The molecule has 0 saturated carbocycles. The topological polar surface area (TPSA) is 66.8 Å². The van der Waals surface area contributed by atoms with Crippen LogP contribution >= 0.6 is 45.2 Å². The first kappa shape index (κ1) is 17.3. The molecule has 6 heteroatoms. The van der Waals surface area contributed by atoms with E-state index in [2.05, 4.69) is 45.2 Å². The number of aliphatic carboxylic acids is 1. The Kier molecular flexibility index (Phi) is 5.90. The van der Waals surface area contributed by atoms with Gasteiger partial charge >= 0.3 is 5.97 Å². The van der Waals surface area contributed by atoms with Crippen molar-refractivity contribution in [1.29, 1.82) is 0 Å². The Hall–Kier alpha value is -1.03. The van der Waals surface area contributed by atoms with Crippen LogP contribution in [0.25, 0.3) is 0 Å². The molecule has 0 fully saturated rings. The number of aromatic hydroxyl groups is 1. The number of carboxylic acid groups (broad SMARTS) is 1. The minimum atomic E-state index is -0.797. The van der Waals surface area contributed by atoms with E-state index in [0.29, 0.717) is 12.2 Å². The molecule has 2 rings (SSSR count). The molecule has 1 atom stereocenters. The Labute approximate surface area is 155 Å². The van der Waals surface area contributed by atoms with Crippen molar-refractivity contribution < 1.29 is 19.7 Å². The van der Waals surface area contributed by atoms with Gasteiger partial charge < -0.3 is 14.9 Å². The SMILES string of the molecule is CC(Cc1cc(I)c(Oc2ccc(O)cc2)c(I)c1)C(=O)O. The fourth-order valence-corrected chi connectivity index (χ4v) is 4.02. The molecule has 4 nitrogen and oxygen atoms in total. The van der Waals surface area contributed by atoms with Crippen molar-refractivity contribution in [3.8, 4) is 17.2 Å². The highest BCUT2D eigenvalue weighted by Crippen LogP contribution is 2.33. The smallest absolute Gasteiger partial charge is 0.306 e. The summed E-state index contributed by atoms with van der Waals surface area (Å²) < 4.78 is 7.70. The van der Waals surface area contributed by atoms with Crippen LogP contribution in [0.4, 0.5) is 0 Å². The predicted octanol–water partition coefficient (Wildman–Crippen LogP) is 4.66. The highest BCUT2D eigenvalue weighted by Gasteiger charge is 2.15. The van der Waals surface area contributed by atoms with Gasteiger partial charge in [0, 0.05) is 0 Å². The number of carboxylic acids is 1. The van der Waals surface area contributed by atoms with E-state index in [4.69, 9.17) is 9.84 Å². The molecule has 1 unspecified atom stereocenters. The molecule has 2 N–H and O–H groups in total. The van der Waals surface area contributed by atoms with E-state index in [1.165, 1.54) is 0 Å². The average molecular weight is 524 g/mol. The molecule has 0 amide bonds. The first-order valence-corrected chi connectivity index (χ1v) is 8.70. The van der Waals surface area contributed by atoms with Gasteiger partial charge in [-0.2, -0.15) is 0 Å². The van der Waals surface area contributed by atoms with Gasteiger partial charge in [0.25, 0.3) is 0 Å². The monoisotopic (exact) mass is 524 g/mol. The Morgan fingerprint density at radius 3 is 2.23 bits per heavy atom. The van der Waals surface area contributed by atoms with Crippen LogP contribution in [-0.2, 0) is 11.2 Å². The van der Waals surface area contributed by atoms with Gasteiger partial charge in [-0.05, 0) is 93.6 Å². The van der Waals surface area contributed by atoms with Crippen LogP contribution in [0.1, 0.15) is 12.5 Å². The molecular formula is C16H14I2O4. The fourth-order valence-electron chi connectivity index (χ4n) is 1.90. The maximum atomic E-state index is 11.0. The summed E-state index contributed by atoms with van der Waals surface area (Å²) in [6.07, 6.45) is 0.487. The lowest BCUT2D eigenvalue weighted by atomic mass is 10.0. The molecule has 0 aliphatic heterocycles. The zero-order chi connectivity index (χ0) is 16.3. The Morgan fingerprint density at radius 1 is 1.18 bits per heavy atom. The van der Waals surface area contributed by atoms with Crippen LogP contribution in [0, 0.1) is 13.1 Å². The minimum Gasteiger partial charge on any atom is -0.508 e. The van der Waals surface area contributed by atoms with Crippen LogP contribution in [0.5, 0.6) is 17.2 Å². The molecule has 0 bridgehead atoms. The molecule has 2 aromatic rings. The molecule has 116 valence electrons. The lowest BCUT2D eigenvalue weighted by Gasteiger charge is -2.13. The van der Waals surface area contributed by atoms with Crippen LogP contribution < -0.4 is 4.74 Å². The lowest BCUT2D eigenvalue weighted by Crippen LogP contribution is -2.12. The minimum absolute atomic E-state index is 0.190. The van der Waals surface area contributed by atoms with Crippen LogP contribution in [0.2, 0.25) is 0 Å². The lowest BCUT2D eigenvalue weighted by molar-refractivity contribution is -0.141. The van der Waals surface area contributed by atoms with Crippen molar-refractivity contribution in [2.45, 2.75) is 13.3 Å². The summed E-state index contributed by atoms with van der Waals surface area (Å²) in [7, 11) is 0. The van der Waals surface area contributed by atoms with Crippen molar-refractivity contribution in [3.05, 3.63) is 49.1 Å². The first-order valence-electron chi connectivity index (χ1n) is 6.54. The van der Waals surface area contributed by atoms with E-state index >= 15 is 0 Å². The van der Waals surface area contributed by atoms with Gasteiger partial charge in [-0.15, -0.1) is 0 Å². The van der Waals surface area contributed by atoms with E-state index in [9.17, 15) is 9.90 Å². The van der Waals surface area contributed by atoms with Gasteiger partial charge in [0.2, 0.25) is 0 Å². The van der Waals surface area contributed by atoms with Crippen molar-refractivity contribution in [1.82, 2.24) is 0 Å². The average Bonchev–Trinajstić information content (AvgIpc) is 2.44. The molecule has 0 aliphatic rings. The maximum absolute atomic E-state index is 11.0. The second kappa shape index (κ2) is 7.49. The molecule has 0 saturated heterocycles. The number of hydrogen-bond donors (Lipinski definition) is 2. The van der Waals surface area contributed by atoms with E-state index in [1.807, 2.05) is 12.1 Å². The van der Waals surface area contributed by atoms with E-state index < -0.39 is 11.9 Å². The summed E-state index contributed by atoms with van der Waals surface area (Å²) in [6, 6.07) is 10.4. The zero-order valence-corrected chi connectivity index (χ0v) is 16.0. The molecule has 22 heavy (non-hydrogen) atoms. The standard InChI is InChI=1S/C16H14I2O4/c1-9(16(20)21)6-10-7-13(17)15(14(18)8-10)22-12-4-2-11(19)3-5-12/h2-5,7-9,19H,6H2,1H3,(H,20,21). The summed E-state index contributed by atoms with van der Waals surface area (Å²) in [6.45, 7) is 1.70. The molecule has 0 spiro atoms. The Morgan fingerprint density at radius 2 is 1.73 bits per heavy atom. The Balaban J connectivity index is 2.23. The molecule has 2 aromatic carbocycles. The number of hydrogen-bond acceptors (Lipinski definition) is 3. The third-order valence-corrected chi connectivity index (χ3v) is 4.68. The summed E-state index contributed by atoms with van der Waals surface area (Å²) in [5.41, 5.74) is 0.974. The molecule has 0 heterocycles. The first-order chi connectivity index (χ1) is 10.4. The Bertz CT molecular complexity index is 660. The van der Waals surface area contributed by atoms with Crippen molar-refractivity contribution in [3.63, 3.8) is 0 Å². The van der Waals surface area contributed by atoms with Crippen LogP contribution in [0.3, 0.4) is 0 Å². The number of phenols is 1. The highest BCUT2D eigenvalue weighted by atomic mass is 127. The number of carbonyl (C=O) groups is 1. The van der Waals surface area contributed by atoms with Gasteiger partial charge in [-0.25, -0.2) is 0 Å². The molecule has 0 aliphatic carbocycles. The third kappa shape index (κ3) is 4.48. The largest absolute Gasteiger partial charge is 0.508 e. The summed E-state index contributed by atoms with van der Waals surface area (Å²) >= 11 is 4.37. The highest BCUT2D eigenvalue weighted by molar-refractivity contribution is 14.1. The quantitative estimate of drug-likeness (QED) is 0.560. The van der Waals surface area contributed by atoms with Gasteiger partial charge in [-0.1, -0.05) is 6.92 Å². The number of ether oxygens (including phenoxy) is 1. The summed E-state index contributed by atoms with van der Waals surface area (Å²) in [4.78, 5) is 11.0. The number of benzene rings is 2. The fraction of sp³-hybridized carbons (Fsp3) is 0.188. The zero-order valence-electron chi connectivity index (χ0n) is 11.7. The summed E-state index contributed by atoms with van der Waals surface area (Å²) in [5, 5.41) is 18.3. The van der Waals surface area contributed by atoms with Gasteiger partial charge in [-0.3, -0.25) is 4.79 Å². The van der Waals surface area contributed by atoms with Gasteiger partial charge in [0.1, 0.15) is 11.5 Å². The second-order valence-electron chi connectivity index (χ2n) is 4.93. The molecular weight excluding hydrogens is 510 g/mol. The number of phenolic OH excluding ortho intramolecular Hbond substituents is 1. The van der Waals surface area contributed by atoms with Gasteiger partial charge in [0.15, 0.2) is 5.75 Å². The molecule has 0 aromatic heterocycles. The van der Waals surface area contributed by atoms with Crippen molar-refractivity contribution in [2.75, 3.05) is 0 Å². The van der Waals surface area contributed by atoms with E-state index in [0.717, 1.165) is 18.5 Å². The van der Waals surface area contributed by atoms with Crippen molar-refractivity contribution >= 4 is 51.2 Å². The van der Waals surface area contributed by atoms with E-state index in [-0.39, 0.29) is 5.75 Å². The second-order valence-corrected chi connectivity index (χ2v) is 7.25. The van der Waals surface area contributed by atoms with Crippen molar-refractivity contribution in [2.24, 2.45) is 5.92 Å². The maximum Gasteiger partial charge on any atom is 0.306 e. The predicted molar refractivity (Wildman–Crippen MR) is 101 cm³/mol. The number of halogens is 2. The van der Waals surface area contributed by atoms with Gasteiger partial charge in [0.05, 0.1) is 13.1 Å². The van der Waals surface area contributed by atoms with Crippen LogP contribution in [-0.4, -0.2) is 16.2 Å². The molecule has 0 radical (unpaired) electrons. The normalized spacial score (nSPS) is 12.0. The van der Waals surface area contributed by atoms with E-state index in [1.54, 1.807) is 31.2 Å². The number of rotatable bonds is 5. The third-order valence-electron chi connectivity index (χ3n) is 3.08.